The lowest BCUT2D eigenvalue weighted by Gasteiger charge is -2.33. The summed E-state index contributed by atoms with van der Waals surface area (Å²) in [6, 6.07) is 19.2. The highest BCUT2D eigenvalue weighted by atomic mass is 32.2. The normalized spacial score (nSPS) is 15.4. The minimum absolute atomic E-state index is 0.0315. The molecule has 1 fully saturated rings. The van der Waals surface area contributed by atoms with E-state index in [4.69, 9.17) is 14.2 Å². The summed E-state index contributed by atoms with van der Waals surface area (Å²) in [5, 5.41) is 3.08. The topological polar surface area (TPSA) is 114 Å². The van der Waals surface area contributed by atoms with Crippen LogP contribution in [0.15, 0.2) is 77.7 Å². The molecule has 43 heavy (non-hydrogen) atoms. The number of nitrogens with one attached hydrogen (secondary N) is 1. The lowest BCUT2D eigenvalue weighted by Crippen LogP contribution is -2.52. The maximum absolute atomic E-state index is 14.2. The lowest BCUT2D eigenvalue weighted by atomic mass is 10.1. The highest BCUT2D eigenvalue weighted by Crippen LogP contribution is 2.36. The Morgan fingerprint density at radius 2 is 1.67 bits per heavy atom. The SMILES string of the molecule is COc1cccc(CN(C(=O)CN(c2ccc3c(c2)OCCO3)S(=O)(=O)c2ccccc2)C(C)C(=O)NC2CCCC2)c1. The quantitative estimate of drug-likeness (QED) is 0.349. The Balaban J connectivity index is 1.49. The molecule has 1 aliphatic carbocycles. The van der Waals surface area contributed by atoms with Crippen molar-refractivity contribution in [2.75, 3.05) is 31.2 Å². The van der Waals surface area contributed by atoms with Crippen LogP contribution in [0.4, 0.5) is 5.69 Å². The van der Waals surface area contributed by atoms with Crippen molar-refractivity contribution in [3.05, 3.63) is 78.4 Å². The van der Waals surface area contributed by atoms with E-state index < -0.39 is 28.5 Å². The van der Waals surface area contributed by atoms with E-state index in [0.717, 1.165) is 35.6 Å². The van der Waals surface area contributed by atoms with Crippen molar-refractivity contribution in [2.45, 2.75) is 56.1 Å². The maximum atomic E-state index is 14.2. The first-order valence-corrected chi connectivity index (χ1v) is 15.9. The van der Waals surface area contributed by atoms with Gasteiger partial charge in [-0.15, -0.1) is 0 Å². The molecule has 2 amide bonds. The van der Waals surface area contributed by atoms with E-state index in [1.807, 2.05) is 6.07 Å². The average molecular weight is 608 g/mol. The smallest absolute Gasteiger partial charge is 0.264 e. The van der Waals surface area contributed by atoms with Gasteiger partial charge in [0.15, 0.2) is 11.5 Å². The van der Waals surface area contributed by atoms with Gasteiger partial charge in [-0.1, -0.05) is 43.2 Å². The molecule has 1 atom stereocenters. The van der Waals surface area contributed by atoms with Crippen LogP contribution in [0.25, 0.3) is 0 Å². The van der Waals surface area contributed by atoms with E-state index in [0.29, 0.717) is 30.5 Å². The fraction of sp³-hybridized carbons (Fsp3) is 0.375. The average Bonchev–Trinajstić information content (AvgIpc) is 3.55. The summed E-state index contributed by atoms with van der Waals surface area (Å²) in [6.45, 7) is 1.92. The van der Waals surface area contributed by atoms with Gasteiger partial charge in [0.25, 0.3) is 10.0 Å². The van der Waals surface area contributed by atoms with Crippen LogP contribution in [0.1, 0.15) is 38.2 Å². The number of hydrogen-bond donors (Lipinski definition) is 1. The number of methoxy groups -OCH3 is 1. The minimum Gasteiger partial charge on any atom is -0.497 e. The predicted octanol–water partition coefficient (Wildman–Crippen LogP) is 4.14. The Bertz CT molecular complexity index is 1540. The van der Waals surface area contributed by atoms with Gasteiger partial charge in [-0.05, 0) is 61.7 Å². The molecule has 0 spiro atoms. The molecule has 1 saturated carbocycles. The fourth-order valence-corrected chi connectivity index (χ4v) is 6.80. The van der Waals surface area contributed by atoms with E-state index in [2.05, 4.69) is 5.32 Å². The van der Waals surface area contributed by atoms with Crippen LogP contribution in [0.5, 0.6) is 17.2 Å². The largest absolute Gasteiger partial charge is 0.497 e. The van der Waals surface area contributed by atoms with Crippen molar-refractivity contribution < 1.29 is 32.2 Å². The van der Waals surface area contributed by atoms with Gasteiger partial charge in [-0.2, -0.15) is 0 Å². The number of nitrogens with zero attached hydrogens (tertiary/aromatic N) is 2. The molecule has 0 radical (unpaired) electrons. The van der Waals surface area contributed by atoms with Crippen LogP contribution in [-0.2, 0) is 26.2 Å². The van der Waals surface area contributed by atoms with Gasteiger partial charge < -0.3 is 24.4 Å². The van der Waals surface area contributed by atoms with Crippen molar-refractivity contribution in [3.63, 3.8) is 0 Å². The second-order valence-electron chi connectivity index (χ2n) is 10.7. The summed E-state index contributed by atoms with van der Waals surface area (Å²) in [7, 11) is -2.63. The van der Waals surface area contributed by atoms with Crippen molar-refractivity contribution in [2.24, 2.45) is 0 Å². The van der Waals surface area contributed by atoms with Crippen molar-refractivity contribution in [1.82, 2.24) is 10.2 Å². The molecule has 3 aromatic rings. The molecule has 1 heterocycles. The number of sulfonamides is 1. The molecule has 1 unspecified atom stereocenters. The summed E-state index contributed by atoms with van der Waals surface area (Å²) >= 11 is 0. The fourth-order valence-electron chi connectivity index (χ4n) is 5.38. The first-order valence-electron chi connectivity index (χ1n) is 14.5. The first kappa shape index (κ1) is 30.2. The Labute approximate surface area is 252 Å². The standard InChI is InChI=1S/C32H37N3O7S/c1-23(32(37)33-25-10-6-7-11-25)34(21-24-9-8-12-27(19-24)40-2)31(36)22-35(43(38,39)28-13-4-3-5-14-28)26-15-16-29-30(20-26)42-18-17-41-29/h3-5,8-9,12-16,19-20,23,25H,6-7,10-11,17-18,21-22H2,1-2H3,(H,33,37). The summed E-state index contributed by atoms with van der Waals surface area (Å²) < 4.78 is 45.8. The second kappa shape index (κ2) is 13.4. The zero-order chi connectivity index (χ0) is 30.4. The van der Waals surface area contributed by atoms with Gasteiger partial charge >= 0.3 is 0 Å². The van der Waals surface area contributed by atoms with Crippen LogP contribution >= 0.6 is 0 Å². The minimum atomic E-state index is -4.19. The Hall–Kier alpha value is -4.25. The molecule has 0 bridgehead atoms. The van der Waals surface area contributed by atoms with Gasteiger partial charge in [-0.25, -0.2) is 8.42 Å². The van der Waals surface area contributed by atoms with Gasteiger partial charge in [0.05, 0.1) is 17.7 Å². The number of carbonyl (C=O) groups excluding carboxylic acids is 2. The molecule has 5 rings (SSSR count). The van der Waals surface area contributed by atoms with Crippen LogP contribution in [0.2, 0.25) is 0 Å². The second-order valence-corrected chi connectivity index (χ2v) is 12.6. The molecule has 1 aliphatic heterocycles. The summed E-state index contributed by atoms with van der Waals surface area (Å²) in [5.41, 5.74) is 0.982. The van der Waals surface area contributed by atoms with Crippen LogP contribution in [0, 0.1) is 0 Å². The number of anilines is 1. The monoisotopic (exact) mass is 607 g/mol. The molecule has 1 N–H and O–H groups in total. The Morgan fingerprint density at radius 1 is 0.953 bits per heavy atom. The molecule has 3 aromatic carbocycles. The number of hydrogen-bond acceptors (Lipinski definition) is 7. The number of carbonyl (C=O) groups is 2. The highest BCUT2D eigenvalue weighted by molar-refractivity contribution is 7.92. The molecule has 10 nitrogen and oxygen atoms in total. The zero-order valence-electron chi connectivity index (χ0n) is 24.4. The van der Waals surface area contributed by atoms with Crippen LogP contribution < -0.4 is 23.8 Å². The van der Waals surface area contributed by atoms with E-state index in [1.54, 1.807) is 68.6 Å². The molecule has 0 aromatic heterocycles. The van der Waals surface area contributed by atoms with E-state index in [-0.39, 0.29) is 29.1 Å². The molecular formula is C32H37N3O7S. The third kappa shape index (κ3) is 7.05. The summed E-state index contributed by atoms with van der Waals surface area (Å²) in [6.07, 6.45) is 3.90. The van der Waals surface area contributed by atoms with Crippen molar-refractivity contribution in [3.8, 4) is 17.2 Å². The number of fused-ring (bicyclic) bond motifs is 1. The van der Waals surface area contributed by atoms with Crippen molar-refractivity contribution in [1.29, 1.82) is 0 Å². The molecule has 0 saturated heterocycles. The van der Waals surface area contributed by atoms with Gasteiger partial charge in [0.1, 0.15) is 31.5 Å². The maximum Gasteiger partial charge on any atom is 0.264 e. The first-order chi connectivity index (χ1) is 20.8. The van der Waals surface area contributed by atoms with Crippen molar-refractivity contribution >= 4 is 27.5 Å². The van der Waals surface area contributed by atoms with E-state index in [9.17, 15) is 18.0 Å². The van der Waals surface area contributed by atoms with Crippen LogP contribution in [-0.4, -0.2) is 64.1 Å². The summed E-state index contributed by atoms with van der Waals surface area (Å²) in [4.78, 5) is 29.0. The van der Waals surface area contributed by atoms with E-state index in [1.165, 1.54) is 17.0 Å². The molecule has 2 aliphatic rings. The van der Waals surface area contributed by atoms with Gasteiger partial charge in [0.2, 0.25) is 11.8 Å². The highest BCUT2D eigenvalue weighted by Gasteiger charge is 2.34. The van der Waals surface area contributed by atoms with E-state index >= 15 is 0 Å². The van der Waals surface area contributed by atoms with Crippen LogP contribution in [0.3, 0.4) is 0 Å². The molecule has 11 heteroatoms. The number of benzene rings is 3. The molecule has 228 valence electrons. The third-order valence-electron chi connectivity index (χ3n) is 7.78. The Kier molecular flexibility index (Phi) is 9.40. The number of rotatable bonds is 11. The number of ether oxygens (including phenoxy) is 3. The van der Waals surface area contributed by atoms with Gasteiger partial charge in [-0.3, -0.25) is 13.9 Å². The Morgan fingerprint density at radius 3 is 2.40 bits per heavy atom. The lowest BCUT2D eigenvalue weighted by molar-refractivity contribution is -0.139. The molecular weight excluding hydrogens is 570 g/mol. The van der Waals surface area contributed by atoms with Gasteiger partial charge in [0, 0.05) is 18.7 Å². The zero-order valence-corrected chi connectivity index (χ0v) is 25.2. The number of amides is 2. The predicted molar refractivity (Wildman–Crippen MR) is 162 cm³/mol. The summed E-state index contributed by atoms with van der Waals surface area (Å²) in [5.74, 6) is 0.681. The third-order valence-corrected chi connectivity index (χ3v) is 9.57.